The molecule has 0 bridgehead atoms. The van der Waals surface area contributed by atoms with Crippen LogP contribution in [0.5, 0.6) is 0 Å². The smallest absolute Gasteiger partial charge is 0.103 e. The summed E-state index contributed by atoms with van der Waals surface area (Å²) in [4.78, 5) is 4.67. The van der Waals surface area contributed by atoms with Gasteiger partial charge in [-0.1, -0.05) is 122 Å². The predicted octanol–water partition coefficient (Wildman–Crippen LogP) is 8.22. The molecule has 28 heavy (non-hydrogen) atoms. The number of hydrogen-bond acceptors (Lipinski definition) is 2. The van der Waals surface area contributed by atoms with E-state index in [4.69, 9.17) is 0 Å². The first-order valence-corrected chi connectivity index (χ1v) is 12.8. The molecule has 1 rings (SSSR count). The van der Waals surface area contributed by atoms with Gasteiger partial charge in [0.1, 0.15) is 5.84 Å². The van der Waals surface area contributed by atoms with Gasteiger partial charge in [0.2, 0.25) is 0 Å². The van der Waals surface area contributed by atoms with Crippen molar-refractivity contribution in [3.8, 4) is 0 Å². The maximum Gasteiger partial charge on any atom is 0.103 e. The minimum Gasteiger partial charge on any atom is -0.371 e. The normalized spacial score (nSPS) is 15.1. The first-order chi connectivity index (χ1) is 13.9. The van der Waals surface area contributed by atoms with E-state index < -0.39 is 0 Å². The average Bonchev–Trinajstić information content (AvgIpc) is 3.24. The van der Waals surface area contributed by atoms with Gasteiger partial charge in [-0.15, -0.1) is 0 Å². The van der Waals surface area contributed by atoms with Crippen LogP contribution in [0, 0.1) is 5.92 Å². The van der Waals surface area contributed by atoms with Gasteiger partial charge >= 0.3 is 0 Å². The molecule has 0 saturated heterocycles. The van der Waals surface area contributed by atoms with Crippen LogP contribution in [0.15, 0.2) is 17.1 Å². The zero-order valence-corrected chi connectivity index (χ0v) is 19.3. The van der Waals surface area contributed by atoms with Crippen LogP contribution >= 0.6 is 0 Å². The molecule has 2 nitrogen and oxygen atoms in total. The number of nitrogens with zero attached hydrogens (tertiary/aromatic N) is 1. The Bertz CT molecular complexity index is 386. The van der Waals surface area contributed by atoms with Crippen LogP contribution in [0.2, 0.25) is 0 Å². The van der Waals surface area contributed by atoms with Crippen molar-refractivity contribution in [2.45, 2.75) is 129 Å². The molecule has 164 valence electrons. The second-order valence-corrected chi connectivity index (χ2v) is 8.76. The van der Waals surface area contributed by atoms with Crippen LogP contribution in [-0.4, -0.2) is 18.9 Å². The highest BCUT2D eigenvalue weighted by molar-refractivity contribution is 5.87. The van der Waals surface area contributed by atoms with E-state index in [0.717, 1.165) is 13.1 Å². The van der Waals surface area contributed by atoms with Crippen molar-refractivity contribution in [1.82, 2.24) is 5.32 Å². The molecule has 1 unspecified atom stereocenters. The Morgan fingerprint density at radius 3 is 1.82 bits per heavy atom. The summed E-state index contributed by atoms with van der Waals surface area (Å²) in [6.45, 7) is 6.58. The SMILES string of the molecule is CCCCCCCCCCCCCCC=CC(CCCCCC)C1=NCCN1. The molecular formula is C26H50N2. The van der Waals surface area contributed by atoms with Gasteiger partial charge in [0, 0.05) is 12.5 Å². The van der Waals surface area contributed by atoms with Gasteiger partial charge < -0.3 is 5.32 Å². The highest BCUT2D eigenvalue weighted by Crippen LogP contribution is 2.17. The lowest BCUT2D eigenvalue weighted by Crippen LogP contribution is -2.26. The van der Waals surface area contributed by atoms with Crippen molar-refractivity contribution >= 4 is 5.84 Å². The van der Waals surface area contributed by atoms with Crippen molar-refractivity contribution in [3.05, 3.63) is 12.2 Å². The maximum absolute atomic E-state index is 4.67. The fraction of sp³-hybridized carbons (Fsp3) is 0.885. The zero-order valence-electron chi connectivity index (χ0n) is 19.3. The Morgan fingerprint density at radius 1 is 0.750 bits per heavy atom. The predicted molar refractivity (Wildman–Crippen MR) is 127 cm³/mol. The van der Waals surface area contributed by atoms with Crippen LogP contribution < -0.4 is 5.32 Å². The highest BCUT2D eigenvalue weighted by Gasteiger charge is 2.15. The molecule has 0 aromatic rings. The summed E-state index contributed by atoms with van der Waals surface area (Å²) in [6, 6.07) is 0. The molecule has 2 heteroatoms. The first kappa shape index (κ1) is 25.2. The van der Waals surface area contributed by atoms with Crippen molar-refractivity contribution in [3.63, 3.8) is 0 Å². The molecule has 1 atom stereocenters. The lowest BCUT2D eigenvalue weighted by atomic mass is 9.98. The summed E-state index contributed by atoms with van der Waals surface area (Å²) in [5.41, 5.74) is 0. The second-order valence-electron chi connectivity index (χ2n) is 8.76. The Hall–Kier alpha value is -0.790. The van der Waals surface area contributed by atoms with Crippen LogP contribution in [0.1, 0.15) is 129 Å². The quantitative estimate of drug-likeness (QED) is 0.164. The van der Waals surface area contributed by atoms with Gasteiger partial charge in [0.15, 0.2) is 0 Å². The number of hydrogen-bond donors (Lipinski definition) is 1. The van der Waals surface area contributed by atoms with Crippen LogP contribution in [0.3, 0.4) is 0 Å². The molecule has 0 radical (unpaired) electrons. The van der Waals surface area contributed by atoms with Gasteiger partial charge in [-0.2, -0.15) is 0 Å². The van der Waals surface area contributed by atoms with E-state index in [9.17, 15) is 0 Å². The third-order valence-corrected chi connectivity index (χ3v) is 6.01. The molecule has 1 heterocycles. The molecule has 0 amide bonds. The molecule has 1 N–H and O–H groups in total. The van der Waals surface area contributed by atoms with E-state index in [1.807, 2.05) is 0 Å². The van der Waals surface area contributed by atoms with E-state index in [2.05, 4.69) is 36.3 Å². The number of aliphatic imine (C=N–C) groups is 1. The topological polar surface area (TPSA) is 24.4 Å². The van der Waals surface area contributed by atoms with E-state index in [0.29, 0.717) is 5.92 Å². The van der Waals surface area contributed by atoms with E-state index in [1.54, 1.807) is 0 Å². The molecule has 0 saturated carbocycles. The Labute approximate surface area is 177 Å². The van der Waals surface area contributed by atoms with Gasteiger partial charge in [0.25, 0.3) is 0 Å². The first-order valence-electron chi connectivity index (χ1n) is 12.8. The molecular weight excluding hydrogens is 340 g/mol. The lowest BCUT2D eigenvalue weighted by molar-refractivity contribution is 0.544. The molecule has 1 aliphatic rings. The molecule has 0 aromatic carbocycles. The molecule has 0 spiro atoms. The monoisotopic (exact) mass is 390 g/mol. The van der Waals surface area contributed by atoms with E-state index in [1.165, 1.54) is 121 Å². The number of nitrogens with one attached hydrogen (secondary N) is 1. The van der Waals surface area contributed by atoms with Crippen molar-refractivity contribution in [2.24, 2.45) is 10.9 Å². The summed E-state index contributed by atoms with van der Waals surface area (Å²) in [5.74, 6) is 1.79. The summed E-state index contributed by atoms with van der Waals surface area (Å²) < 4.78 is 0. The van der Waals surface area contributed by atoms with Crippen LogP contribution in [0.4, 0.5) is 0 Å². The fourth-order valence-corrected chi connectivity index (χ4v) is 4.14. The largest absolute Gasteiger partial charge is 0.371 e. The Balaban J connectivity index is 1.99. The van der Waals surface area contributed by atoms with Crippen LogP contribution in [0.25, 0.3) is 0 Å². The van der Waals surface area contributed by atoms with Gasteiger partial charge in [-0.05, 0) is 19.3 Å². The van der Waals surface area contributed by atoms with Crippen molar-refractivity contribution < 1.29 is 0 Å². The van der Waals surface area contributed by atoms with Gasteiger partial charge in [-0.25, -0.2) is 0 Å². The minimum atomic E-state index is 0.539. The summed E-state index contributed by atoms with van der Waals surface area (Å²) in [5, 5.41) is 3.50. The van der Waals surface area contributed by atoms with Gasteiger partial charge in [0.05, 0.1) is 6.54 Å². The third kappa shape index (κ3) is 14.2. The van der Waals surface area contributed by atoms with Crippen LogP contribution in [-0.2, 0) is 0 Å². The number of rotatable bonds is 20. The summed E-state index contributed by atoms with van der Waals surface area (Å²) in [7, 11) is 0. The third-order valence-electron chi connectivity index (χ3n) is 6.01. The van der Waals surface area contributed by atoms with E-state index >= 15 is 0 Å². The number of amidine groups is 1. The Kier molecular flexibility index (Phi) is 17.6. The molecule has 0 aromatic heterocycles. The summed E-state index contributed by atoms with van der Waals surface area (Å²) >= 11 is 0. The summed E-state index contributed by atoms with van der Waals surface area (Å²) in [6.07, 6.45) is 30.0. The standard InChI is InChI=1S/C26H50N2/c1-3-5-7-9-10-11-12-13-14-15-16-17-18-20-22-25(21-19-8-6-4-2)26-27-23-24-28-26/h20,22,25H,3-19,21,23-24H2,1-2H3,(H,27,28). The molecule has 0 fully saturated rings. The molecule has 1 aliphatic heterocycles. The minimum absolute atomic E-state index is 0.539. The van der Waals surface area contributed by atoms with E-state index in [-0.39, 0.29) is 0 Å². The number of unbranched alkanes of at least 4 members (excludes halogenated alkanes) is 15. The highest BCUT2D eigenvalue weighted by atomic mass is 15.1. The fourth-order valence-electron chi connectivity index (χ4n) is 4.14. The second kappa shape index (κ2) is 19.5. The number of allylic oxidation sites excluding steroid dienone is 1. The lowest BCUT2D eigenvalue weighted by Gasteiger charge is -2.13. The molecule has 0 aliphatic carbocycles. The maximum atomic E-state index is 4.67. The zero-order chi connectivity index (χ0) is 20.1. The van der Waals surface area contributed by atoms with Crippen molar-refractivity contribution in [2.75, 3.05) is 13.1 Å². The average molecular weight is 391 g/mol. The Morgan fingerprint density at radius 2 is 1.29 bits per heavy atom. The van der Waals surface area contributed by atoms with Gasteiger partial charge in [-0.3, -0.25) is 4.99 Å². The van der Waals surface area contributed by atoms with Crippen molar-refractivity contribution in [1.29, 1.82) is 0 Å².